The minimum atomic E-state index is -3.53. The maximum atomic E-state index is 14.4. The molecule has 0 saturated carbocycles. The molecule has 33 heavy (non-hydrogen) atoms. The van der Waals surface area contributed by atoms with Crippen molar-refractivity contribution >= 4 is 40.9 Å². The van der Waals surface area contributed by atoms with Crippen molar-refractivity contribution < 1.29 is 28.5 Å². The van der Waals surface area contributed by atoms with E-state index in [0.29, 0.717) is 25.1 Å². The molecule has 0 bridgehead atoms. The minimum Gasteiger partial charge on any atom is -0.477 e. The first-order valence-electron chi connectivity index (χ1n) is 10.8. The molecule has 2 atom stereocenters. The van der Waals surface area contributed by atoms with Crippen LogP contribution in [-0.2, 0) is 20.3 Å². The van der Waals surface area contributed by atoms with Crippen LogP contribution in [-0.4, -0.2) is 40.4 Å². The fourth-order valence-electron chi connectivity index (χ4n) is 4.02. The first-order chi connectivity index (χ1) is 15.7. The van der Waals surface area contributed by atoms with Crippen molar-refractivity contribution in [3.05, 3.63) is 65.0 Å². The van der Waals surface area contributed by atoms with Gasteiger partial charge in [-0.15, -0.1) is 11.3 Å². The monoisotopic (exact) mass is 487 g/mol. The van der Waals surface area contributed by atoms with Crippen molar-refractivity contribution in [1.29, 1.82) is 0 Å². The third-order valence-electron chi connectivity index (χ3n) is 5.41. The molecule has 174 valence electrons. The summed E-state index contributed by atoms with van der Waals surface area (Å²) in [6.07, 6.45) is 1.09. The second-order valence-electron chi connectivity index (χ2n) is 8.29. The highest BCUT2D eigenvalue weighted by Gasteiger charge is 2.45. The number of carboxylic acids is 1. The summed E-state index contributed by atoms with van der Waals surface area (Å²) in [5, 5.41) is 10.1. The Kier molecular flexibility index (Phi) is 6.88. The summed E-state index contributed by atoms with van der Waals surface area (Å²) in [5.74, 6) is -0.897. The van der Waals surface area contributed by atoms with E-state index in [9.17, 15) is 19.3 Å². The number of fused-ring (bicyclic) bond motifs is 1. The Morgan fingerprint density at radius 2 is 1.94 bits per heavy atom. The zero-order chi connectivity index (χ0) is 23.6. The Hall–Kier alpha value is -2.67. The van der Waals surface area contributed by atoms with Crippen LogP contribution < -0.4 is 4.52 Å². The molecule has 1 aromatic heterocycles. The van der Waals surface area contributed by atoms with Gasteiger partial charge in [0.25, 0.3) is 0 Å². The number of carbonyl (C=O) groups excluding carboxylic acids is 1. The minimum absolute atomic E-state index is 0.0849. The topological polar surface area (TPSA) is 93.1 Å². The molecule has 0 radical (unpaired) electrons. The molecule has 0 amide bonds. The quantitative estimate of drug-likeness (QED) is 0.318. The van der Waals surface area contributed by atoms with Gasteiger partial charge in [0.1, 0.15) is 16.7 Å². The molecule has 3 aromatic rings. The molecule has 1 unspecified atom stereocenters. The largest absolute Gasteiger partial charge is 0.477 e. The fourth-order valence-corrected chi connectivity index (χ4v) is 7.44. The van der Waals surface area contributed by atoms with Crippen LogP contribution in [0.15, 0.2) is 54.6 Å². The smallest absolute Gasteiger partial charge is 0.345 e. The van der Waals surface area contributed by atoms with Gasteiger partial charge in [0, 0.05) is 11.2 Å². The highest BCUT2D eigenvalue weighted by Crippen LogP contribution is 2.57. The number of aromatic carboxylic acids is 1. The van der Waals surface area contributed by atoms with Gasteiger partial charge in [0.15, 0.2) is 0 Å². The van der Waals surface area contributed by atoms with Gasteiger partial charge in [-0.25, -0.2) is 9.46 Å². The summed E-state index contributed by atoms with van der Waals surface area (Å²) in [6.45, 7) is 4.04. The molecule has 2 aromatic carbocycles. The zero-order valence-electron chi connectivity index (χ0n) is 18.5. The molecule has 2 heterocycles. The lowest BCUT2D eigenvalue weighted by Gasteiger charge is -2.32. The lowest BCUT2D eigenvalue weighted by molar-refractivity contribution is -0.151. The van der Waals surface area contributed by atoms with Crippen LogP contribution in [0.4, 0.5) is 0 Å². The molecule has 0 aliphatic carbocycles. The molecule has 1 N–H and O–H groups in total. The average molecular weight is 488 g/mol. The van der Waals surface area contributed by atoms with Crippen LogP contribution in [0.3, 0.4) is 0 Å². The Morgan fingerprint density at radius 1 is 1.18 bits per heavy atom. The van der Waals surface area contributed by atoms with E-state index in [1.807, 2.05) is 24.3 Å². The van der Waals surface area contributed by atoms with Crippen LogP contribution in [0.25, 0.3) is 10.1 Å². The van der Waals surface area contributed by atoms with Gasteiger partial charge in [-0.2, -0.15) is 0 Å². The number of rotatable bonds is 8. The third-order valence-corrected chi connectivity index (χ3v) is 9.03. The zero-order valence-corrected chi connectivity index (χ0v) is 20.2. The van der Waals surface area contributed by atoms with E-state index in [1.165, 1.54) is 11.3 Å². The molecule has 0 spiro atoms. The number of para-hydroxylation sites is 1. The van der Waals surface area contributed by atoms with Crippen molar-refractivity contribution in [1.82, 2.24) is 4.67 Å². The van der Waals surface area contributed by atoms with Gasteiger partial charge in [-0.1, -0.05) is 24.3 Å². The molecule has 9 heteroatoms. The average Bonchev–Trinajstić information content (AvgIpc) is 3.41. The van der Waals surface area contributed by atoms with Gasteiger partial charge in [-0.05, 0) is 68.0 Å². The van der Waals surface area contributed by atoms with Crippen LogP contribution in [0, 0.1) is 0 Å². The second kappa shape index (κ2) is 9.67. The van der Waals surface area contributed by atoms with Gasteiger partial charge < -0.3 is 14.4 Å². The van der Waals surface area contributed by atoms with Crippen molar-refractivity contribution in [2.24, 2.45) is 0 Å². The molecule has 1 aliphatic rings. The number of benzene rings is 2. The predicted octanol–water partition coefficient (Wildman–Crippen LogP) is 5.79. The number of thiophene rings is 1. The fraction of sp³-hybridized carbons (Fsp3) is 0.333. The number of carboxylic acid groups (broad SMARTS) is 1. The van der Waals surface area contributed by atoms with Gasteiger partial charge in [-0.3, -0.25) is 9.36 Å². The second-order valence-corrected chi connectivity index (χ2v) is 11.7. The van der Waals surface area contributed by atoms with E-state index in [-0.39, 0.29) is 17.1 Å². The number of hydrogen-bond donors (Lipinski definition) is 1. The van der Waals surface area contributed by atoms with Gasteiger partial charge in [0.2, 0.25) is 0 Å². The van der Waals surface area contributed by atoms with Crippen molar-refractivity contribution in [2.45, 2.75) is 45.0 Å². The summed E-state index contributed by atoms with van der Waals surface area (Å²) < 4.78 is 28.5. The molecular formula is C24H26NO6PS. The number of nitrogens with zero attached hydrogens (tertiary/aromatic N) is 1. The molecule has 1 aliphatic heterocycles. The Labute approximate surface area is 196 Å². The Balaban J connectivity index is 1.68. The van der Waals surface area contributed by atoms with Crippen LogP contribution in [0.1, 0.15) is 41.9 Å². The predicted molar refractivity (Wildman–Crippen MR) is 128 cm³/mol. The van der Waals surface area contributed by atoms with E-state index in [1.54, 1.807) is 48.8 Å². The van der Waals surface area contributed by atoms with E-state index < -0.39 is 25.5 Å². The summed E-state index contributed by atoms with van der Waals surface area (Å²) in [6, 6.07) is 15.4. The van der Waals surface area contributed by atoms with Gasteiger partial charge >= 0.3 is 19.5 Å². The van der Waals surface area contributed by atoms with Gasteiger partial charge in [0.05, 0.1) is 12.3 Å². The Morgan fingerprint density at radius 3 is 2.64 bits per heavy atom. The van der Waals surface area contributed by atoms with Crippen LogP contribution >= 0.6 is 18.9 Å². The SMILES string of the molecule is CC(C)OC(=O)[C@@H]1CCCN1P(=O)(Cc1ccc2sc(C(=O)O)cc2c1)Oc1ccccc1. The first kappa shape index (κ1) is 23.5. The summed E-state index contributed by atoms with van der Waals surface area (Å²) in [5.41, 5.74) is 0.749. The number of esters is 1. The summed E-state index contributed by atoms with van der Waals surface area (Å²) in [7, 11) is -3.53. The van der Waals surface area contributed by atoms with Crippen LogP contribution in [0.5, 0.6) is 5.75 Å². The summed E-state index contributed by atoms with van der Waals surface area (Å²) >= 11 is 1.20. The first-order valence-corrected chi connectivity index (χ1v) is 13.4. The molecule has 7 nitrogen and oxygen atoms in total. The van der Waals surface area contributed by atoms with Crippen LogP contribution in [0.2, 0.25) is 0 Å². The van der Waals surface area contributed by atoms with E-state index in [4.69, 9.17) is 9.26 Å². The molecule has 1 fully saturated rings. The number of carbonyl (C=O) groups is 2. The summed E-state index contributed by atoms with van der Waals surface area (Å²) in [4.78, 5) is 24.3. The number of hydrogen-bond acceptors (Lipinski definition) is 6. The lowest BCUT2D eigenvalue weighted by atomic mass is 10.2. The highest BCUT2D eigenvalue weighted by molar-refractivity contribution is 7.56. The van der Waals surface area contributed by atoms with Crippen molar-refractivity contribution in [3.63, 3.8) is 0 Å². The van der Waals surface area contributed by atoms with Crippen molar-refractivity contribution in [3.8, 4) is 5.75 Å². The van der Waals surface area contributed by atoms with E-state index in [2.05, 4.69) is 0 Å². The number of ether oxygens (including phenoxy) is 1. The third kappa shape index (κ3) is 5.29. The molecule has 4 rings (SSSR count). The van der Waals surface area contributed by atoms with E-state index in [0.717, 1.165) is 15.6 Å². The van der Waals surface area contributed by atoms with E-state index >= 15 is 0 Å². The lowest BCUT2D eigenvalue weighted by Crippen LogP contribution is -2.37. The highest BCUT2D eigenvalue weighted by atomic mass is 32.1. The molecular weight excluding hydrogens is 461 g/mol. The maximum Gasteiger partial charge on any atom is 0.345 e. The normalized spacial score (nSPS) is 18.3. The van der Waals surface area contributed by atoms with Crippen molar-refractivity contribution in [2.75, 3.05) is 6.54 Å². The standard InChI is InChI=1S/C24H26NO6PS/c1-16(2)30-24(28)20-9-6-12-25(20)32(29,31-19-7-4-3-5-8-19)15-17-10-11-21-18(13-17)14-22(33-21)23(26)27/h3-5,7-8,10-11,13-14,16,20H,6,9,12,15H2,1-2H3,(H,26,27)/t20-,32?/m0/s1. The Bertz CT molecular complexity index is 1210. The molecule has 1 saturated heterocycles. The maximum absolute atomic E-state index is 14.4.